The van der Waals surface area contributed by atoms with Crippen molar-refractivity contribution in [1.29, 1.82) is 0 Å². The third-order valence-electron chi connectivity index (χ3n) is 2.18. The molecule has 1 amide bonds. The molecule has 1 heterocycles. The molecule has 3 nitrogen and oxygen atoms in total. The second-order valence-corrected chi connectivity index (χ2v) is 3.81. The minimum absolute atomic E-state index is 0.188. The maximum atomic E-state index is 13.4. The summed E-state index contributed by atoms with van der Waals surface area (Å²) in [5.74, 6) is -3.01. The molecule has 0 radical (unpaired) electrons. The van der Waals surface area contributed by atoms with Gasteiger partial charge >= 0.3 is 0 Å². The van der Waals surface area contributed by atoms with Crippen molar-refractivity contribution >= 4 is 23.2 Å². The van der Waals surface area contributed by atoms with Gasteiger partial charge in [-0.15, -0.1) is 0 Å². The van der Waals surface area contributed by atoms with Gasteiger partial charge < -0.3 is 5.32 Å². The van der Waals surface area contributed by atoms with Gasteiger partial charge in [0.05, 0.1) is 5.56 Å². The van der Waals surface area contributed by atoms with E-state index in [0.717, 1.165) is 6.07 Å². The van der Waals surface area contributed by atoms with Crippen molar-refractivity contribution in [3.63, 3.8) is 0 Å². The van der Waals surface area contributed by atoms with Crippen LogP contribution in [0.25, 0.3) is 0 Å². The second kappa shape index (κ2) is 5.10. The monoisotopic (exact) mass is 268 g/mol. The van der Waals surface area contributed by atoms with E-state index in [1.807, 2.05) is 0 Å². The van der Waals surface area contributed by atoms with E-state index in [9.17, 15) is 13.6 Å². The minimum atomic E-state index is -1.19. The van der Waals surface area contributed by atoms with Gasteiger partial charge in [-0.2, -0.15) is 0 Å². The molecule has 0 bridgehead atoms. The third-order valence-corrected chi connectivity index (χ3v) is 2.39. The predicted molar refractivity (Wildman–Crippen MR) is 63.6 cm³/mol. The molecule has 6 heteroatoms. The van der Waals surface area contributed by atoms with Crippen LogP contribution in [-0.4, -0.2) is 10.9 Å². The van der Waals surface area contributed by atoms with Crippen molar-refractivity contribution in [3.8, 4) is 0 Å². The van der Waals surface area contributed by atoms with Gasteiger partial charge in [-0.25, -0.2) is 13.8 Å². The van der Waals surface area contributed by atoms with Gasteiger partial charge in [0.2, 0.25) is 0 Å². The maximum absolute atomic E-state index is 13.4. The molecule has 1 aromatic carbocycles. The van der Waals surface area contributed by atoms with Crippen LogP contribution >= 0.6 is 11.6 Å². The average molecular weight is 269 g/mol. The zero-order chi connectivity index (χ0) is 13.1. The van der Waals surface area contributed by atoms with Crippen LogP contribution in [0.1, 0.15) is 10.4 Å². The van der Waals surface area contributed by atoms with Gasteiger partial charge in [-0.3, -0.25) is 4.79 Å². The van der Waals surface area contributed by atoms with Gasteiger partial charge in [-0.1, -0.05) is 17.7 Å². The molecule has 18 heavy (non-hydrogen) atoms. The van der Waals surface area contributed by atoms with E-state index in [2.05, 4.69) is 10.3 Å². The summed E-state index contributed by atoms with van der Waals surface area (Å²) in [6, 6.07) is 6.27. The first kappa shape index (κ1) is 12.4. The summed E-state index contributed by atoms with van der Waals surface area (Å²) in [5, 5.41) is 2.58. The van der Waals surface area contributed by atoms with Gasteiger partial charge in [0.1, 0.15) is 5.15 Å². The molecule has 0 atom stereocenters. The molecule has 2 rings (SSSR count). The number of pyridine rings is 1. The molecule has 0 saturated carbocycles. The van der Waals surface area contributed by atoms with Crippen LogP contribution in [0.2, 0.25) is 5.15 Å². The fraction of sp³-hybridized carbons (Fsp3) is 0. The molecule has 0 fully saturated rings. The number of hydrogen-bond acceptors (Lipinski definition) is 2. The predicted octanol–water partition coefficient (Wildman–Crippen LogP) is 3.27. The second-order valence-electron chi connectivity index (χ2n) is 3.42. The minimum Gasteiger partial charge on any atom is -0.322 e. The van der Waals surface area contributed by atoms with E-state index in [0.29, 0.717) is 5.69 Å². The summed E-state index contributed by atoms with van der Waals surface area (Å²) < 4.78 is 26.3. The van der Waals surface area contributed by atoms with E-state index in [4.69, 9.17) is 11.6 Å². The third kappa shape index (κ3) is 2.62. The van der Waals surface area contributed by atoms with Crippen LogP contribution in [-0.2, 0) is 0 Å². The summed E-state index contributed by atoms with van der Waals surface area (Å²) >= 11 is 5.63. The summed E-state index contributed by atoms with van der Waals surface area (Å²) in [7, 11) is 0. The van der Waals surface area contributed by atoms with Crippen LogP contribution in [0.15, 0.2) is 36.5 Å². The number of nitrogens with one attached hydrogen (secondary N) is 1. The highest BCUT2D eigenvalue weighted by molar-refractivity contribution is 6.29. The summed E-state index contributed by atoms with van der Waals surface area (Å²) in [6.45, 7) is 0. The van der Waals surface area contributed by atoms with E-state index >= 15 is 0 Å². The van der Waals surface area contributed by atoms with Crippen LogP contribution in [0.5, 0.6) is 0 Å². The molecule has 0 unspecified atom stereocenters. The van der Waals surface area contributed by atoms with Crippen molar-refractivity contribution < 1.29 is 13.6 Å². The lowest BCUT2D eigenvalue weighted by Crippen LogP contribution is -2.14. The zero-order valence-corrected chi connectivity index (χ0v) is 9.71. The number of amides is 1. The van der Waals surface area contributed by atoms with Crippen LogP contribution in [0, 0.1) is 11.6 Å². The van der Waals surface area contributed by atoms with Crippen molar-refractivity contribution in [2.75, 3.05) is 5.32 Å². The molecule has 92 valence electrons. The fourth-order valence-electron chi connectivity index (χ4n) is 1.36. The highest BCUT2D eigenvalue weighted by atomic mass is 35.5. The molecular formula is C12H7ClF2N2O. The van der Waals surface area contributed by atoms with Crippen molar-refractivity contribution in [2.45, 2.75) is 0 Å². The molecule has 1 aromatic heterocycles. The Balaban J connectivity index is 2.25. The number of carbonyl (C=O) groups excluding carboxylic acids is 1. The first-order chi connectivity index (χ1) is 8.58. The van der Waals surface area contributed by atoms with Crippen LogP contribution in [0.4, 0.5) is 14.5 Å². The number of carbonyl (C=O) groups is 1. The first-order valence-corrected chi connectivity index (χ1v) is 5.32. The Morgan fingerprint density at radius 3 is 2.78 bits per heavy atom. The van der Waals surface area contributed by atoms with Crippen molar-refractivity contribution in [1.82, 2.24) is 4.98 Å². The Hall–Kier alpha value is -2.01. The molecule has 0 saturated heterocycles. The molecule has 0 aliphatic heterocycles. The van der Waals surface area contributed by atoms with E-state index in [1.54, 1.807) is 0 Å². The SMILES string of the molecule is O=C(Nc1ccnc(Cl)c1)c1cccc(F)c1F. The highest BCUT2D eigenvalue weighted by Crippen LogP contribution is 2.16. The Morgan fingerprint density at radius 2 is 2.06 bits per heavy atom. The van der Waals surface area contributed by atoms with E-state index < -0.39 is 17.5 Å². The van der Waals surface area contributed by atoms with Gasteiger partial charge in [0, 0.05) is 11.9 Å². The lowest BCUT2D eigenvalue weighted by atomic mass is 10.2. The number of aromatic nitrogens is 1. The van der Waals surface area contributed by atoms with E-state index in [-0.39, 0.29) is 10.7 Å². The number of nitrogens with zero attached hydrogens (tertiary/aromatic N) is 1. The molecule has 1 N–H and O–H groups in total. The summed E-state index contributed by atoms with van der Waals surface area (Å²) in [5.41, 5.74) is -0.0217. The molecule has 2 aromatic rings. The number of benzene rings is 1. The Kier molecular flexibility index (Phi) is 3.53. The summed E-state index contributed by atoms with van der Waals surface area (Å²) in [6.07, 6.45) is 1.39. The molecule has 0 spiro atoms. The standard InChI is InChI=1S/C12H7ClF2N2O/c13-10-6-7(4-5-16-10)17-12(18)8-2-1-3-9(14)11(8)15/h1-6H,(H,16,17,18). The lowest BCUT2D eigenvalue weighted by molar-refractivity contribution is 0.102. The van der Waals surface area contributed by atoms with E-state index in [1.165, 1.54) is 30.5 Å². The maximum Gasteiger partial charge on any atom is 0.258 e. The highest BCUT2D eigenvalue weighted by Gasteiger charge is 2.15. The number of hydrogen-bond donors (Lipinski definition) is 1. The van der Waals surface area contributed by atoms with Crippen LogP contribution in [0.3, 0.4) is 0 Å². The zero-order valence-electron chi connectivity index (χ0n) is 8.95. The van der Waals surface area contributed by atoms with Gasteiger partial charge in [0.25, 0.3) is 5.91 Å². The Bertz CT molecular complexity index is 604. The normalized spacial score (nSPS) is 10.2. The molecule has 0 aliphatic carbocycles. The molecule has 0 aliphatic rings. The molecular weight excluding hydrogens is 262 g/mol. The Morgan fingerprint density at radius 1 is 1.28 bits per heavy atom. The average Bonchev–Trinajstić information content (AvgIpc) is 2.32. The van der Waals surface area contributed by atoms with Crippen molar-refractivity contribution in [2.24, 2.45) is 0 Å². The number of anilines is 1. The first-order valence-electron chi connectivity index (χ1n) is 4.95. The summed E-state index contributed by atoms with van der Waals surface area (Å²) in [4.78, 5) is 15.4. The quantitative estimate of drug-likeness (QED) is 0.850. The van der Waals surface area contributed by atoms with Gasteiger partial charge in [0.15, 0.2) is 11.6 Å². The number of halogens is 3. The smallest absolute Gasteiger partial charge is 0.258 e. The van der Waals surface area contributed by atoms with Crippen molar-refractivity contribution in [3.05, 3.63) is 58.9 Å². The van der Waals surface area contributed by atoms with Crippen LogP contribution < -0.4 is 5.32 Å². The number of rotatable bonds is 2. The Labute approximate surface area is 106 Å². The lowest BCUT2D eigenvalue weighted by Gasteiger charge is -2.06. The van der Waals surface area contributed by atoms with Gasteiger partial charge in [-0.05, 0) is 24.3 Å². The fourth-order valence-corrected chi connectivity index (χ4v) is 1.53. The topological polar surface area (TPSA) is 42.0 Å². The largest absolute Gasteiger partial charge is 0.322 e.